The molecular weight excluding hydrogens is 286 g/mol. The quantitative estimate of drug-likeness (QED) is 0.877. The van der Waals surface area contributed by atoms with Crippen LogP contribution in [0.5, 0.6) is 0 Å². The molecule has 0 aliphatic carbocycles. The summed E-state index contributed by atoms with van der Waals surface area (Å²) in [5.74, 6) is 0.255. The number of aliphatic hydroxyl groups excluding tert-OH is 1. The van der Waals surface area contributed by atoms with Gasteiger partial charge in [0.05, 0.1) is 11.0 Å². The van der Waals surface area contributed by atoms with Gasteiger partial charge in [-0.05, 0) is 17.0 Å². The fourth-order valence-corrected chi connectivity index (χ4v) is 4.02. The van der Waals surface area contributed by atoms with Crippen LogP contribution in [0, 0.1) is 0 Å². The molecule has 3 atom stereocenters. The lowest BCUT2D eigenvalue weighted by Gasteiger charge is -2.30. The van der Waals surface area contributed by atoms with Crippen LogP contribution in [0.2, 0.25) is 0 Å². The van der Waals surface area contributed by atoms with Gasteiger partial charge in [0.15, 0.2) is 0 Å². The van der Waals surface area contributed by atoms with Gasteiger partial charge in [-0.25, -0.2) is 0 Å². The van der Waals surface area contributed by atoms with Crippen LogP contribution in [0.3, 0.4) is 0 Å². The lowest BCUT2D eigenvalue weighted by Crippen LogP contribution is -2.35. The first-order chi connectivity index (χ1) is 9.68. The highest BCUT2D eigenvalue weighted by molar-refractivity contribution is 7.80. The zero-order valence-corrected chi connectivity index (χ0v) is 12.9. The number of thiocarbonyl (C=S) groups is 1. The maximum atomic E-state index is 10.7. The molecule has 104 valence electrons. The highest BCUT2D eigenvalue weighted by Crippen LogP contribution is 2.41. The molecule has 1 aromatic heterocycles. The highest BCUT2D eigenvalue weighted by atomic mass is 32.1. The van der Waals surface area contributed by atoms with Crippen molar-refractivity contribution < 1.29 is 5.11 Å². The summed E-state index contributed by atoms with van der Waals surface area (Å²) in [6, 6.07) is 14.4. The molecular formula is C16H17NOS2. The first-order valence-corrected chi connectivity index (χ1v) is 7.99. The molecule has 1 aliphatic rings. The molecule has 0 spiro atoms. The van der Waals surface area contributed by atoms with Gasteiger partial charge >= 0.3 is 0 Å². The van der Waals surface area contributed by atoms with Gasteiger partial charge < -0.3 is 10.0 Å². The van der Waals surface area contributed by atoms with E-state index in [1.165, 1.54) is 5.56 Å². The van der Waals surface area contributed by atoms with Gasteiger partial charge in [0.2, 0.25) is 0 Å². The van der Waals surface area contributed by atoms with Crippen molar-refractivity contribution in [3.8, 4) is 0 Å². The SMILES string of the molecule is CN1C(=S)C[C@H](c2ccccc2)[C@@H]1[C@@H](O)c1cccs1. The summed E-state index contributed by atoms with van der Waals surface area (Å²) in [6.45, 7) is 0. The second kappa shape index (κ2) is 5.64. The molecule has 0 radical (unpaired) electrons. The maximum absolute atomic E-state index is 10.7. The van der Waals surface area contributed by atoms with Crippen molar-refractivity contribution in [1.29, 1.82) is 0 Å². The summed E-state index contributed by atoms with van der Waals surface area (Å²) in [4.78, 5) is 4.00. The smallest absolute Gasteiger partial charge is 0.109 e. The van der Waals surface area contributed by atoms with Crippen LogP contribution in [-0.2, 0) is 0 Å². The zero-order chi connectivity index (χ0) is 14.1. The molecule has 1 saturated heterocycles. The van der Waals surface area contributed by atoms with Crippen molar-refractivity contribution in [3.05, 3.63) is 58.3 Å². The molecule has 20 heavy (non-hydrogen) atoms. The van der Waals surface area contributed by atoms with Crippen LogP contribution in [-0.4, -0.2) is 28.1 Å². The van der Waals surface area contributed by atoms with E-state index in [2.05, 4.69) is 17.0 Å². The molecule has 2 nitrogen and oxygen atoms in total. The second-order valence-electron chi connectivity index (χ2n) is 5.18. The molecule has 0 unspecified atom stereocenters. The van der Waals surface area contributed by atoms with Gasteiger partial charge in [-0.3, -0.25) is 0 Å². The van der Waals surface area contributed by atoms with Gasteiger partial charge in [-0.2, -0.15) is 0 Å². The predicted molar refractivity (Wildman–Crippen MR) is 87.2 cm³/mol. The lowest BCUT2D eigenvalue weighted by atomic mass is 9.88. The van der Waals surface area contributed by atoms with Crippen molar-refractivity contribution in [1.82, 2.24) is 4.90 Å². The third-order valence-corrected chi connectivity index (χ3v) is 5.43. The first kappa shape index (κ1) is 13.7. The molecule has 3 rings (SSSR count). The maximum Gasteiger partial charge on any atom is 0.109 e. The Morgan fingerprint density at radius 3 is 2.65 bits per heavy atom. The van der Waals surface area contributed by atoms with Crippen molar-refractivity contribution >= 4 is 28.5 Å². The third kappa shape index (κ3) is 2.39. The minimum Gasteiger partial charge on any atom is -0.385 e. The van der Waals surface area contributed by atoms with E-state index in [9.17, 15) is 5.11 Å². The summed E-state index contributed by atoms with van der Waals surface area (Å²) >= 11 is 7.06. The predicted octanol–water partition coefficient (Wildman–Crippen LogP) is 3.60. The molecule has 4 heteroatoms. The van der Waals surface area contributed by atoms with E-state index in [-0.39, 0.29) is 12.0 Å². The molecule has 1 fully saturated rings. The summed E-state index contributed by atoms with van der Waals surface area (Å²) < 4.78 is 0. The van der Waals surface area contributed by atoms with Gasteiger partial charge in [0, 0.05) is 24.3 Å². The third-order valence-electron chi connectivity index (χ3n) is 4.03. The number of nitrogens with zero attached hydrogens (tertiary/aromatic N) is 1. The van der Waals surface area contributed by atoms with Crippen LogP contribution >= 0.6 is 23.6 Å². The molecule has 0 amide bonds. The van der Waals surface area contributed by atoms with Crippen LogP contribution in [0.4, 0.5) is 0 Å². The number of thiophene rings is 1. The minimum atomic E-state index is -0.495. The van der Waals surface area contributed by atoms with Crippen molar-refractivity contribution in [3.63, 3.8) is 0 Å². The van der Waals surface area contributed by atoms with Crippen molar-refractivity contribution in [2.45, 2.75) is 24.5 Å². The Bertz CT molecular complexity index is 582. The monoisotopic (exact) mass is 303 g/mol. The zero-order valence-electron chi connectivity index (χ0n) is 11.3. The molecule has 1 aromatic carbocycles. The van der Waals surface area contributed by atoms with E-state index in [0.29, 0.717) is 0 Å². The molecule has 0 bridgehead atoms. The average molecular weight is 303 g/mol. The number of hydrogen-bond donors (Lipinski definition) is 1. The number of benzene rings is 1. The van der Waals surface area contributed by atoms with Gasteiger partial charge in [-0.1, -0.05) is 48.6 Å². The van der Waals surface area contributed by atoms with Crippen LogP contribution in [0.1, 0.15) is 28.9 Å². The van der Waals surface area contributed by atoms with E-state index in [0.717, 1.165) is 16.3 Å². The Kier molecular flexibility index (Phi) is 3.87. The van der Waals surface area contributed by atoms with Gasteiger partial charge in [-0.15, -0.1) is 11.3 Å². The Morgan fingerprint density at radius 2 is 2.00 bits per heavy atom. The Labute approximate surface area is 128 Å². The minimum absolute atomic E-state index is 0.0172. The fourth-order valence-electron chi connectivity index (χ4n) is 2.96. The number of hydrogen-bond acceptors (Lipinski definition) is 3. The van der Waals surface area contributed by atoms with E-state index in [4.69, 9.17) is 12.2 Å². The largest absolute Gasteiger partial charge is 0.385 e. The Balaban J connectivity index is 1.95. The second-order valence-corrected chi connectivity index (χ2v) is 6.63. The number of likely N-dealkylation sites (tertiary alicyclic amines) is 1. The van der Waals surface area contributed by atoms with E-state index in [1.807, 2.05) is 42.8 Å². The lowest BCUT2D eigenvalue weighted by molar-refractivity contribution is 0.0956. The summed E-state index contributed by atoms with van der Waals surface area (Å²) in [5.41, 5.74) is 1.25. The molecule has 2 heterocycles. The molecule has 1 N–H and O–H groups in total. The Hall–Kier alpha value is -1.23. The summed E-state index contributed by atoms with van der Waals surface area (Å²) in [6.07, 6.45) is 0.341. The first-order valence-electron chi connectivity index (χ1n) is 6.70. The Morgan fingerprint density at radius 1 is 1.25 bits per heavy atom. The molecule has 1 aliphatic heterocycles. The molecule has 2 aromatic rings. The van der Waals surface area contributed by atoms with E-state index >= 15 is 0 Å². The topological polar surface area (TPSA) is 23.5 Å². The van der Waals surface area contributed by atoms with Gasteiger partial charge in [0.25, 0.3) is 0 Å². The normalized spacial score (nSPS) is 24.1. The fraction of sp³-hybridized carbons (Fsp3) is 0.312. The molecule has 0 saturated carbocycles. The average Bonchev–Trinajstić information content (AvgIpc) is 3.09. The van der Waals surface area contributed by atoms with Crippen molar-refractivity contribution in [2.24, 2.45) is 0 Å². The standard InChI is InChI=1S/C16H17NOS2/c1-17-14(19)10-12(11-6-3-2-4-7-11)15(17)16(18)13-8-5-9-20-13/h2-9,12,15-16,18H,10H2,1H3/t12-,15-,16+/m1/s1. The van der Waals surface area contributed by atoms with Crippen LogP contribution in [0.25, 0.3) is 0 Å². The van der Waals surface area contributed by atoms with E-state index in [1.54, 1.807) is 11.3 Å². The van der Waals surface area contributed by atoms with E-state index < -0.39 is 6.10 Å². The van der Waals surface area contributed by atoms with Crippen LogP contribution < -0.4 is 0 Å². The van der Waals surface area contributed by atoms with Crippen LogP contribution in [0.15, 0.2) is 47.8 Å². The highest BCUT2D eigenvalue weighted by Gasteiger charge is 2.41. The number of aliphatic hydroxyl groups is 1. The van der Waals surface area contributed by atoms with Gasteiger partial charge in [0.1, 0.15) is 6.10 Å². The van der Waals surface area contributed by atoms with Crippen molar-refractivity contribution in [2.75, 3.05) is 7.05 Å². The summed E-state index contributed by atoms with van der Waals surface area (Å²) in [7, 11) is 1.99. The number of rotatable bonds is 3. The number of likely N-dealkylation sites (N-methyl/N-ethyl adjacent to an activating group) is 1. The summed E-state index contributed by atoms with van der Waals surface area (Å²) in [5, 5.41) is 12.7.